The van der Waals surface area contributed by atoms with Crippen molar-refractivity contribution in [1.82, 2.24) is 9.97 Å². The number of aromatic nitrogens is 2. The lowest BCUT2D eigenvalue weighted by atomic mass is 10.2. The first kappa shape index (κ1) is 12.9. The van der Waals surface area contributed by atoms with Crippen LogP contribution < -0.4 is 0 Å². The summed E-state index contributed by atoms with van der Waals surface area (Å²) in [4.78, 5) is 21.3. The standard InChI is InChI=1S/C12H12N2O2S2/c1-6(2)4-8-9(12(15)16)14-11(18-8)10-13-5-7(3)17-10/h4-5H,1-3H3,(H,15,16). The number of carbonyl (C=O) groups is 1. The van der Waals surface area contributed by atoms with E-state index in [4.69, 9.17) is 5.11 Å². The van der Waals surface area contributed by atoms with Crippen molar-refractivity contribution in [2.24, 2.45) is 0 Å². The van der Waals surface area contributed by atoms with Crippen LogP contribution in [0.2, 0.25) is 0 Å². The van der Waals surface area contributed by atoms with Crippen molar-refractivity contribution in [3.8, 4) is 10.0 Å². The normalized spacial score (nSPS) is 10.4. The molecule has 4 nitrogen and oxygen atoms in total. The molecule has 0 amide bonds. The summed E-state index contributed by atoms with van der Waals surface area (Å²) < 4.78 is 0. The van der Waals surface area contributed by atoms with Gasteiger partial charge in [-0.1, -0.05) is 5.57 Å². The monoisotopic (exact) mass is 280 g/mol. The van der Waals surface area contributed by atoms with Crippen molar-refractivity contribution < 1.29 is 9.90 Å². The Bertz CT molecular complexity index is 622. The third kappa shape index (κ3) is 2.65. The fourth-order valence-electron chi connectivity index (χ4n) is 1.39. The van der Waals surface area contributed by atoms with Crippen LogP contribution >= 0.6 is 22.7 Å². The number of aryl methyl sites for hydroxylation is 1. The molecule has 0 saturated carbocycles. The quantitative estimate of drug-likeness (QED) is 0.931. The van der Waals surface area contributed by atoms with Crippen LogP contribution in [0.4, 0.5) is 0 Å². The second kappa shape index (κ2) is 4.99. The molecule has 0 atom stereocenters. The summed E-state index contributed by atoms with van der Waals surface area (Å²) in [6, 6.07) is 0. The van der Waals surface area contributed by atoms with Gasteiger partial charge in [0.1, 0.15) is 0 Å². The van der Waals surface area contributed by atoms with E-state index in [0.29, 0.717) is 9.88 Å². The van der Waals surface area contributed by atoms with Crippen molar-refractivity contribution in [2.75, 3.05) is 0 Å². The molecular formula is C12H12N2O2S2. The molecular weight excluding hydrogens is 268 g/mol. The Labute approximate surface area is 113 Å². The fraction of sp³-hybridized carbons (Fsp3) is 0.250. The molecule has 0 saturated heterocycles. The summed E-state index contributed by atoms with van der Waals surface area (Å²) in [5.74, 6) is -1.00. The smallest absolute Gasteiger partial charge is 0.356 e. The average Bonchev–Trinajstić information content (AvgIpc) is 2.83. The van der Waals surface area contributed by atoms with Crippen LogP contribution in [0.15, 0.2) is 11.8 Å². The van der Waals surface area contributed by atoms with Crippen molar-refractivity contribution >= 4 is 34.7 Å². The third-order valence-corrected chi connectivity index (χ3v) is 4.14. The molecule has 18 heavy (non-hydrogen) atoms. The molecule has 0 spiro atoms. The van der Waals surface area contributed by atoms with E-state index < -0.39 is 5.97 Å². The zero-order valence-corrected chi connectivity index (χ0v) is 11.9. The molecule has 2 heterocycles. The number of allylic oxidation sites excluding steroid dienone is 1. The number of carboxylic acids is 1. The van der Waals surface area contributed by atoms with Gasteiger partial charge in [0.25, 0.3) is 0 Å². The van der Waals surface area contributed by atoms with Gasteiger partial charge in [0.05, 0.1) is 4.88 Å². The van der Waals surface area contributed by atoms with Crippen LogP contribution in [0.1, 0.15) is 34.1 Å². The van der Waals surface area contributed by atoms with E-state index in [1.54, 1.807) is 6.20 Å². The number of nitrogens with zero attached hydrogens (tertiary/aromatic N) is 2. The van der Waals surface area contributed by atoms with Crippen molar-refractivity contribution in [2.45, 2.75) is 20.8 Å². The van der Waals surface area contributed by atoms with E-state index in [2.05, 4.69) is 9.97 Å². The number of hydrogen-bond acceptors (Lipinski definition) is 5. The maximum Gasteiger partial charge on any atom is 0.356 e. The summed E-state index contributed by atoms with van der Waals surface area (Å²) in [5, 5.41) is 10.6. The molecule has 0 aromatic carbocycles. The fourth-order valence-corrected chi connectivity index (χ4v) is 3.30. The minimum absolute atomic E-state index is 0.101. The molecule has 0 bridgehead atoms. The molecule has 0 aliphatic heterocycles. The zero-order valence-electron chi connectivity index (χ0n) is 10.2. The predicted octanol–water partition coefficient (Wildman–Crippen LogP) is 3.70. The highest BCUT2D eigenvalue weighted by Gasteiger charge is 2.18. The zero-order chi connectivity index (χ0) is 13.3. The topological polar surface area (TPSA) is 63.1 Å². The number of carboxylic acid groups (broad SMARTS) is 1. The summed E-state index contributed by atoms with van der Waals surface area (Å²) >= 11 is 2.88. The summed E-state index contributed by atoms with van der Waals surface area (Å²) in [6.07, 6.45) is 3.60. The Kier molecular flexibility index (Phi) is 3.58. The van der Waals surface area contributed by atoms with Gasteiger partial charge in [-0.15, -0.1) is 22.7 Å². The minimum atomic E-state index is -1.00. The van der Waals surface area contributed by atoms with E-state index in [1.165, 1.54) is 22.7 Å². The van der Waals surface area contributed by atoms with Crippen molar-refractivity contribution in [3.63, 3.8) is 0 Å². The van der Waals surface area contributed by atoms with Gasteiger partial charge in [-0.25, -0.2) is 14.8 Å². The van der Waals surface area contributed by atoms with E-state index in [1.807, 2.05) is 26.8 Å². The van der Waals surface area contributed by atoms with Crippen LogP contribution in [-0.2, 0) is 0 Å². The van der Waals surface area contributed by atoms with Gasteiger partial charge >= 0.3 is 5.97 Å². The maximum atomic E-state index is 11.2. The van der Waals surface area contributed by atoms with Crippen LogP contribution in [0.3, 0.4) is 0 Å². The van der Waals surface area contributed by atoms with E-state index in [9.17, 15) is 4.79 Å². The molecule has 6 heteroatoms. The second-order valence-corrected chi connectivity index (χ2v) is 6.30. The highest BCUT2D eigenvalue weighted by Crippen LogP contribution is 2.32. The molecule has 2 rings (SSSR count). The van der Waals surface area contributed by atoms with Crippen LogP contribution in [0.25, 0.3) is 16.1 Å². The highest BCUT2D eigenvalue weighted by molar-refractivity contribution is 7.22. The molecule has 2 aromatic heterocycles. The van der Waals surface area contributed by atoms with Crippen LogP contribution in [0.5, 0.6) is 0 Å². The van der Waals surface area contributed by atoms with Gasteiger partial charge in [0, 0.05) is 11.1 Å². The first-order chi connectivity index (χ1) is 8.47. The third-order valence-electron chi connectivity index (χ3n) is 2.08. The Morgan fingerprint density at radius 3 is 2.56 bits per heavy atom. The second-order valence-electron chi connectivity index (χ2n) is 4.03. The lowest BCUT2D eigenvalue weighted by molar-refractivity contribution is 0.0691. The van der Waals surface area contributed by atoms with Gasteiger partial charge in [-0.3, -0.25) is 0 Å². The molecule has 0 aliphatic carbocycles. The lowest BCUT2D eigenvalue weighted by Crippen LogP contribution is -1.98. The van der Waals surface area contributed by atoms with E-state index >= 15 is 0 Å². The van der Waals surface area contributed by atoms with Gasteiger partial charge in [-0.05, 0) is 26.8 Å². The minimum Gasteiger partial charge on any atom is -0.476 e. The lowest BCUT2D eigenvalue weighted by Gasteiger charge is -1.90. The summed E-state index contributed by atoms with van der Waals surface area (Å²) in [7, 11) is 0. The van der Waals surface area contributed by atoms with Crippen molar-refractivity contribution in [3.05, 3.63) is 27.2 Å². The van der Waals surface area contributed by atoms with Gasteiger partial charge < -0.3 is 5.11 Å². The first-order valence-electron chi connectivity index (χ1n) is 5.29. The van der Waals surface area contributed by atoms with Gasteiger partial charge in [0.15, 0.2) is 15.7 Å². The first-order valence-corrected chi connectivity index (χ1v) is 6.92. The largest absolute Gasteiger partial charge is 0.476 e. The van der Waals surface area contributed by atoms with E-state index in [0.717, 1.165) is 15.5 Å². The SMILES string of the molecule is CC(C)=Cc1sc(-c2ncc(C)s2)nc1C(=O)O. The molecule has 0 radical (unpaired) electrons. The molecule has 2 aromatic rings. The van der Waals surface area contributed by atoms with E-state index in [-0.39, 0.29) is 5.69 Å². The van der Waals surface area contributed by atoms with Crippen LogP contribution in [0, 0.1) is 6.92 Å². The molecule has 94 valence electrons. The molecule has 0 unspecified atom stereocenters. The molecule has 1 N–H and O–H groups in total. The van der Waals surface area contributed by atoms with Gasteiger partial charge in [-0.2, -0.15) is 0 Å². The number of aromatic carboxylic acids is 1. The number of thiazole rings is 2. The Morgan fingerprint density at radius 2 is 2.06 bits per heavy atom. The maximum absolute atomic E-state index is 11.2. The Morgan fingerprint density at radius 1 is 1.33 bits per heavy atom. The molecule has 0 aliphatic rings. The van der Waals surface area contributed by atoms with Crippen LogP contribution in [-0.4, -0.2) is 21.0 Å². The highest BCUT2D eigenvalue weighted by atomic mass is 32.1. The number of hydrogen-bond donors (Lipinski definition) is 1. The number of rotatable bonds is 3. The Hall–Kier alpha value is -1.53. The Balaban J connectivity index is 2.52. The van der Waals surface area contributed by atoms with Crippen molar-refractivity contribution in [1.29, 1.82) is 0 Å². The predicted molar refractivity (Wildman–Crippen MR) is 74.2 cm³/mol. The van der Waals surface area contributed by atoms with Gasteiger partial charge in [0.2, 0.25) is 0 Å². The summed E-state index contributed by atoms with van der Waals surface area (Å²) in [5.41, 5.74) is 1.15. The summed E-state index contributed by atoms with van der Waals surface area (Å²) in [6.45, 7) is 5.82. The molecule has 0 fully saturated rings. The average molecular weight is 280 g/mol.